The van der Waals surface area contributed by atoms with Gasteiger partial charge in [0.05, 0.1) is 7.11 Å². The van der Waals surface area contributed by atoms with E-state index in [2.05, 4.69) is 22.8 Å². The van der Waals surface area contributed by atoms with Gasteiger partial charge in [-0.05, 0) is 65.9 Å². The Kier molecular flexibility index (Phi) is 6.70. The van der Waals surface area contributed by atoms with Gasteiger partial charge in [0.2, 0.25) is 0 Å². The van der Waals surface area contributed by atoms with E-state index in [1.54, 1.807) is 36.3 Å². The Labute approximate surface area is 188 Å². The predicted octanol–water partition coefficient (Wildman–Crippen LogP) is 4.61. The second-order valence-corrected chi connectivity index (χ2v) is 7.84. The number of benzene rings is 3. The van der Waals surface area contributed by atoms with Gasteiger partial charge in [0.15, 0.2) is 0 Å². The first-order valence-corrected chi connectivity index (χ1v) is 10.8. The molecule has 6 nitrogen and oxygen atoms in total. The molecule has 0 bridgehead atoms. The molecule has 1 aliphatic rings. The van der Waals surface area contributed by atoms with Crippen molar-refractivity contribution < 1.29 is 14.3 Å². The molecule has 0 spiro atoms. The lowest BCUT2D eigenvalue weighted by molar-refractivity contribution is 0.0953. The average Bonchev–Trinajstić information content (AvgIpc) is 3.26. The molecule has 0 fully saturated rings. The summed E-state index contributed by atoms with van der Waals surface area (Å²) < 4.78 is 5.26. The van der Waals surface area contributed by atoms with Crippen molar-refractivity contribution in [3.05, 3.63) is 95.1 Å². The maximum atomic E-state index is 12.7. The second-order valence-electron chi connectivity index (χ2n) is 7.84. The van der Waals surface area contributed by atoms with Crippen molar-refractivity contribution >= 4 is 17.6 Å². The van der Waals surface area contributed by atoms with Crippen LogP contribution in [0, 0.1) is 0 Å². The molecule has 1 aliphatic heterocycles. The van der Waals surface area contributed by atoms with Gasteiger partial charge in [-0.25, -0.2) is 4.79 Å². The molecule has 0 saturated carbocycles. The zero-order chi connectivity index (χ0) is 22.3. The molecule has 0 aliphatic carbocycles. The molecule has 3 amide bonds. The summed E-state index contributed by atoms with van der Waals surface area (Å²) in [6.07, 6.45) is 1.81. The van der Waals surface area contributed by atoms with Gasteiger partial charge >= 0.3 is 6.03 Å². The molecular formula is C26H27N3O3. The number of carbonyl (C=O) groups excluding carboxylic acids is 2. The van der Waals surface area contributed by atoms with Gasteiger partial charge in [-0.3, -0.25) is 4.79 Å². The largest absolute Gasteiger partial charge is 0.497 e. The lowest BCUT2D eigenvalue weighted by Gasteiger charge is -2.16. The minimum atomic E-state index is -0.168. The number of amides is 3. The Balaban J connectivity index is 1.24. The fourth-order valence-electron chi connectivity index (χ4n) is 3.79. The molecule has 4 rings (SSSR count). The van der Waals surface area contributed by atoms with Crippen LogP contribution in [0.4, 0.5) is 10.5 Å². The number of nitrogens with one attached hydrogen (secondary N) is 2. The standard InChI is InChI=1S/C26H27N3O3/c1-32-24-14-11-21-17-29(18-22(21)16-24)26(31)28-23-12-9-20(10-13-23)25(30)27-15-5-8-19-6-3-2-4-7-19/h2-4,6-7,9-14,16H,5,8,15,17-18H2,1H3,(H,27,30)(H,28,31). The quantitative estimate of drug-likeness (QED) is 0.539. The van der Waals surface area contributed by atoms with E-state index in [1.807, 2.05) is 36.4 Å². The Hall–Kier alpha value is -3.80. The Morgan fingerprint density at radius 2 is 1.69 bits per heavy atom. The summed E-state index contributed by atoms with van der Waals surface area (Å²) in [5.41, 5.74) is 4.72. The van der Waals surface area contributed by atoms with E-state index >= 15 is 0 Å². The van der Waals surface area contributed by atoms with Crippen LogP contribution in [-0.4, -0.2) is 30.5 Å². The molecule has 0 aromatic heterocycles. The molecule has 6 heteroatoms. The highest BCUT2D eigenvalue weighted by Crippen LogP contribution is 2.27. The zero-order valence-corrected chi connectivity index (χ0v) is 18.1. The fraction of sp³-hybridized carbons (Fsp3) is 0.231. The second kappa shape index (κ2) is 10.0. The first kappa shape index (κ1) is 21.4. The van der Waals surface area contributed by atoms with Crippen LogP contribution in [0.15, 0.2) is 72.8 Å². The third-order valence-corrected chi connectivity index (χ3v) is 5.59. The van der Waals surface area contributed by atoms with Crippen molar-refractivity contribution in [2.24, 2.45) is 0 Å². The van der Waals surface area contributed by atoms with Crippen LogP contribution in [0.1, 0.15) is 33.5 Å². The Morgan fingerprint density at radius 1 is 0.938 bits per heavy atom. The van der Waals surface area contributed by atoms with E-state index in [0.717, 1.165) is 29.7 Å². The molecule has 1 heterocycles. The van der Waals surface area contributed by atoms with Crippen LogP contribution in [-0.2, 0) is 19.5 Å². The van der Waals surface area contributed by atoms with E-state index in [1.165, 1.54) is 5.56 Å². The SMILES string of the molecule is COc1ccc2c(c1)CN(C(=O)Nc1ccc(C(=O)NCCCc3ccccc3)cc1)C2. The molecular weight excluding hydrogens is 402 g/mol. The average molecular weight is 430 g/mol. The van der Waals surface area contributed by atoms with Crippen LogP contribution in [0.5, 0.6) is 5.75 Å². The number of rotatable bonds is 7. The molecule has 3 aromatic rings. The van der Waals surface area contributed by atoms with Gasteiger partial charge in [-0.15, -0.1) is 0 Å². The van der Waals surface area contributed by atoms with Crippen molar-refractivity contribution in [3.8, 4) is 5.75 Å². The Bertz CT molecular complexity index is 1080. The van der Waals surface area contributed by atoms with Crippen molar-refractivity contribution in [1.29, 1.82) is 0 Å². The van der Waals surface area contributed by atoms with E-state index in [0.29, 0.717) is 30.9 Å². The van der Waals surface area contributed by atoms with E-state index in [4.69, 9.17) is 4.74 Å². The third kappa shape index (κ3) is 5.27. The van der Waals surface area contributed by atoms with Crippen molar-refractivity contribution in [2.75, 3.05) is 19.0 Å². The van der Waals surface area contributed by atoms with Crippen molar-refractivity contribution in [3.63, 3.8) is 0 Å². The first-order valence-electron chi connectivity index (χ1n) is 10.8. The Morgan fingerprint density at radius 3 is 2.44 bits per heavy atom. The maximum absolute atomic E-state index is 12.7. The summed E-state index contributed by atoms with van der Waals surface area (Å²) >= 11 is 0. The van der Waals surface area contributed by atoms with E-state index < -0.39 is 0 Å². The van der Waals surface area contributed by atoms with Gasteiger partial charge in [0.25, 0.3) is 5.91 Å². The van der Waals surface area contributed by atoms with Gasteiger partial charge in [-0.2, -0.15) is 0 Å². The topological polar surface area (TPSA) is 70.7 Å². The molecule has 3 aromatic carbocycles. The number of methoxy groups -OCH3 is 1. The minimum Gasteiger partial charge on any atom is -0.497 e. The lowest BCUT2D eigenvalue weighted by atomic mass is 10.1. The molecule has 0 unspecified atom stereocenters. The highest BCUT2D eigenvalue weighted by Gasteiger charge is 2.23. The summed E-state index contributed by atoms with van der Waals surface area (Å²) in [5, 5.41) is 5.86. The normalized spacial score (nSPS) is 12.2. The number of aryl methyl sites for hydroxylation is 1. The number of nitrogens with zero attached hydrogens (tertiary/aromatic N) is 1. The summed E-state index contributed by atoms with van der Waals surface area (Å²) in [4.78, 5) is 26.8. The molecule has 2 N–H and O–H groups in total. The number of fused-ring (bicyclic) bond motifs is 1. The van der Waals surface area contributed by atoms with E-state index in [9.17, 15) is 9.59 Å². The number of ether oxygens (including phenoxy) is 1. The highest BCUT2D eigenvalue weighted by molar-refractivity contribution is 5.95. The van der Waals surface area contributed by atoms with Crippen LogP contribution in [0.25, 0.3) is 0 Å². The van der Waals surface area contributed by atoms with Crippen LogP contribution in [0.2, 0.25) is 0 Å². The molecule has 0 saturated heterocycles. The molecule has 0 atom stereocenters. The number of anilines is 1. The summed E-state index contributed by atoms with van der Waals surface area (Å²) in [6, 6.07) is 22.9. The number of hydrogen-bond acceptors (Lipinski definition) is 3. The highest BCUT2D eigenvalue weighted by atomic mass is 16.5. The summed E-state index contributed by atoms with van der Waals surface area (Å²) in [5.74, 6) is 0.680. The molecule has 32 heavy (non-hydrogen) atoms. The first-order chi connectivity index (χ1) is 15.6. The van der Waals surface area contributed by atoms with Crippen LogP contribution >= 0.6 is 0 Å². The van der Waals surface area contributed by atoms with Crippen molar-refractivity contribution in [2.45, 2.75) is 25.9 Å². The third-order valence-electron chi connectivity index (χ3n) is 5.59. The van der Waals surface area contributed by atoms with Crippen molar-refractivity contribution in [1.82, 2.24) is 10.2 Å². The van der Waals surface area contributed by atoms with Gasteiger partial charge < -0.3 is 20.3 Å². The van der Waals surface area contributed by atoms with Crippen LogP contribution in [0.3, 0.4) is 0 Å². The predicted molar refractivity (Wildman–Crippen MR) is 125 cm³/mol. The number of carbonyl (C=O) groups is 2. The summed E-state index contributed by atoms with van der Waals surface area (Å²) in [7, 11) is 1.63. The molecule has 0 radical (unpaired) electrons. The molecule has 164 valence electrons. The fourth-order valence-corrected chi connectivity index (χ4v) is 3.79. The minimum absolute atomic E-state index is 0.111. The summed E-state index contributed by atoms with van der Waals surface area (Å²) in [6.45, 7) is 1.73. The smallest absolute Gasteiger partial charge is 0.322 e. The van der Waals surface area contributed by atoms with Crippen LogP contribution < -0.4 is 15.4 Å². The van der Waals surface area contributed by atoms with E-state index in [-0.39, 0.29) is 11.9 Å². The van der Waals surface area contributed by atoms with Gasteiger partial charge in [-0.1, -0.05) is 36.4 Å². The number of urea groups is 1. The monoisotopic (exact) mass is 429 g/mol. The van der Waals surface area contributed by atoms with Gasteiger partial charge in [0, 0.05) is 30.9 Å². The van der Waals surface area contributed by atoms with Gasteiger partial charge in [0.1, 0.15) is 5.75 Å². The lowest BCUT2D eigenvalue weighted by Crippen LogP contribution is -2.30. The zero-order valence-electron chi connectivity index (χ0n) is 18.1. The maximum Gasteiger partial charge on any atom is 0.322 e. The number of hydrogen-bond donors (Lipinski definition) is 2.